The van der Waals surface area contributed by atoms with E-state index in [1.807, 2.05) is 42.4 Å². The lowest BCUT2D eigenvalue weighted by Gasteiger charge is -2.32. The number of rotatable bonds is 3. The van der Waals surface area contributed by atoms with Crippen molar-refractivity contribution in [3.05, 3.63) is 36.2 Å². The second-order valence-electron chi connectivity index (χ2n) is 5.73. The van der Waals surface area contributed by atoms with E-state index in [9.17, 15) is 4.79 Å². The van der Waals surface area contributed by atoms with Crippen LogP contribution in [0.5, 0.6) is 5.75 Å². The van der Waals surface area contributed by atoms with Crippen molar-refractivity contribution in [1.82, 2.24) is 14.9 Å². The number of hydrogen-bond donors (Lipinski definition) is 1. The molecule has 3 heterocycles. The first-order chi connectivity index (χ1) is 11.2. The molecule has 0 aliphatic carbocycles. The summed E-state index contributed by atoms with van der Waals surface area (Å²) in [6.07, 6.45) is 1.51. The molecular weight excluding hydrogens is 312 g/mol. The summed E-state index contributed by atoms with van der Waals surface area (Å²) in [5.74, 6) is 1.72. The molecule has 0 radical (unpaired) electrons. The van der Waals surface area contributed by atoms with Crippen molar-refractivity contribution in [3.8, 4) is 5.75 Å². The Labute approximate surface area is 138 Å². The second-order valence-corrected chi connectivity index (χ2v) is 6.79. The summed E-state index contributed by atoms with van der Waals surface area (Å²) in [4.78, 5) is 19.0. The number of aryl methyl sites for hydroxylation is 1. The lowest BCUT2D eigenvalue weighted by atomic mass is 10.2. The van der Waals surface area contributed by atoms with Crippen LogP contribution < -0.4 is 15.0 Å². The maximum Gasteiger partial charge on any atom is 0.263 e. The number of anilines is 1. The Bertz CT molecular complexity index is 724. The first kappa shape index (κ1) is 14.4. The van der Waals surface area contributed by atoms with Gasteiger partial charge in [-0.3, -0.25) is 4.79 Å². The molecule has 1 atom stereocenters. The molecule has 7 heteroatoms. The van der Waals surface area contributed by atoms with Gasteiger partial charge in [0.05, 0.1) is 24.5 Å². The van der Waals surface area contributed by atoms with Gasteiger partial charge >= 0.3 is 0 Å². The van der Waals surface area contributed by atoms with Crippen molar-refractivity contribution >= 4 is 23.4 Å². The predicted molar refractivity (Wildman–Crippen MR) is 88.9 cm³/mol. The fourth-order valence-electron chi connectivity index (χ4n) is 2.88. The summed E-state index contributed by atoms with van der Waals surface area (Å²) < 4.78 is 7.96. The van der Waals surface area contributed by atoms with Crippen LogP contribution >= 0.6 is 11.8 Å². The Morgan fingerprint density at radius 1 is 1.48 bits per heavy atom. The number of hydrogen-bond acceptors (Lipinski definition) is 5. The Kier molecular flexibility index (Phi) is 3.65. The van der Waals surface area contributed by atoms with Crippen molar-refractivity contribution in [2.45, 2.75) is 24.3 Å². The maximum absolute atomic E-state index is 12.4. The third-order valence-electron chi connectivity index (χ3n) is 4.07. The quantitative estimate of drug-likeness (QED) is 0.924. The Hall–Kier alpha value is -2.15. The number of amides is 1. The van der Waals surface area contributed by atoms with Crippen LogP contribution in [0.25, 0.3) is 0 Å². The van der Waals surface area contributed by atoms with Crippen molar-refractivity contribution in [2.75, 3.05) is 24.2 Å². The highest BCUT2D eigenvalue weighted by molar-refractivity contribution is 7.99. The molecule has 2 aliphatic heterocycles. The van der Waals surface area contributed by atoms with Crippen molar-refractivity contribution in [3.63, 3.8) is 0 Å². The van der Waals surface area contributed by atoms with E-state index in [2.05, 4.69) is 14.9 Å². The van der Waals surface area contributed by atoms with Gasteiger partial charge in [-0.1, -0.05) is 23.9 Å². The highest BCUT2D eigenvalue weighted by Crippen LogP contribution is 2.31. The third-order valence-corrected chi connectivity index (χ3v) is 5.05. The first-order valence-corrected chi connectivity index (χ1v) is 8.62. The zero-order valence-electron chi connectivity index (χ0n) is 12.9. The Morgan fingerprint density at radius 2 is 2.35 bits per heavy atom. The number of fused-ring (bicyclic) bond motifs is 2. The van der Waals surface area contributed by atoms with E-state index in [1.54, 1.807) is 11.8 Å². The van der Waals surface area contributed by atoms with Crippen LogP contribution in [-0.4, -0.2) is 40.9 Å². The minimum Gasteiger partial charge on any atom is -0.477 e. The topological polar surface area (TPSA) is 59.4 Å². The zero-order chi connectivity index (χ0) is 15.8. The lowest BCUT2D eigenvalue weighted by Crippen LogP contribution is -2.47. The third kappa shape index (κ3) is 2.76. The highest BCUT2D eigenvalue weighted by atomic mass is 32.2. The van der Waals surface area contributed by atoms with Gasteiger partial charge in [-0.05, 0) is 12.1 Å². The average Bonchev–Trinajstić information content (AvgIpc) is 3.14. The van der Waals surface area contributed by atoms with E-state index < -0.39 is 6.10 Å². The van der Waals surface area contributed by atoms with Crippen LogP contribution in [0.15, 0.2) is 35.6 Å². The maximum atomic E-state index is 12.4. The number of benzene rings is 1. The van der Waals surface area contributed by atoms with E-state index in [4.69, 9.17) is 4.74 Å². The van der Waals surface area contributed by atoms with Gasteiger partial charge in [-0.25, -0.2) is 4.98 Å². The number of ether oxygens (including phenoxy) is 1. The molecular formula is C16H18N4O2S. The molecule has 0 fully saturated rings. The number of carbonyl (C=O) groups excluding carboxylic acids is 1. The number of thioether (sulfide) groups is 1. The summed E-state index contributed by atoms with van der Waals surface area (Å²) in [5.41, 5.74) is 1.91. The molecule has 23 heavy (non-hydrogen) atoms. The van der Waals surface area contributed by atoms with Gasteiger partial charge < -0.3 is 19.5 Å². The Morgan fingerprint density at radius 3 is 3.22 bits per heavy atom. The molecule has 4 rings (SSSR count). The van der Waals surface area contributed by atoms with Crippen molar-refractivity contribution in [1.29, 1.82) is 0 Å². The van der Waals surface area contributed by atoms with E-state index in [-0.39, 0.29) is 5.91 Å². The molecule has 0 bridgehead atoms. The van der Waals surface area contributed by atoms with Gasteiger partial charge in [0.15, 0.2) is 11.3 Å². The largest absolute Gasteiger partial charge is 0.477 e. The van der Waals surface area contributed by atoms with Crippen LogP contribution in [-0.2, 0) is 17.9 Å². The fraction of sp³-hybridized carbons (Fsp3) is 0.375. The molecule has 1 aromatic carbocycles. The smallest absolute Gasteiger partial charge is 0.263 e. The molecule has 0 saturated heterocycles. The number of likely N-dealkylation sites (N-methyl/N-ethyl adjacent to an activating group) is 1. The van der Waals surface area contributed by atoms with Gasteiger partial charge in [0, 0.05) is 25.5 Å². The summed E-state index contributed by atoms with van der Waals surface area (Å²) in [6.45, 7) is 1.97. The molecule has 2 aliphatic rings. The molecule has 0 unspecified atom stereocenters. The van der Waals surface area contributed by atoms with Crippen LogP contribution in [0, 0.1) is 0 Å². The van der Waals surface area contributed by atoms with Gasteiger partial charge in [0.2, 0.25) is 0 Å². The number of aromatic nitrogens is 2. The fourth-order valence-corrected chi connectivity index (χ4v) is 3.85. The van der Waals surface area contributed by atoms with E-state index in [0.717, 1.165) is 34.6 Å². The molecule has 0 saturated carbocycles. The first-order valence-electron chi connectivity index (χ1n) is 7.64. The van der Waals surface area contributed by atoms with E-state index in [0.29, 0.717) is 13.1 Å². The Balaban J connectivity index is 1.39. The molecule has 1 N–H and O–H groups in total. The SMILES string of the molecule is CN1C[C@H](C(=O)NCc2cn3c(n2)SCC3)Oc2ccccc21. The van der Waals surface area contributed by atoms with E-state index >= 15 is 0 Å². The standard InChI is InChI=1S/C16H18N4O2S/c1-19-10-14(22-13-5-3-2-4-12(13)19)15(21)17-8-11-9-20-6-7-23-16(20)18-11/h2-5,9,14H,6-8,10H2,1H3,(H,17,21)/t14-/m1/s1. The van der Waals surface area contributed by atoms with Crippen LogP contribution in [0.4, 0.5) is 5.69 Å². The zero-order valence-corrected chi connectivity index (χ0v) is 13.7. The van der Waals surface area contributed by atoms with Gasteiger partial charge in [0.25, 0.3) is 5.91 Å². The molecule has 1 amide bonds. The monoisotopic (exact) mass is 330 g/mol. The van der Waals surface area contributed by atoms with E-state index in [1.165, 1.54) is 0 Å². The number of nitrogens with one attached hydrogen (secondary N) is 1. The molecule has 2 aromatic rings. The van der Waals surface area contributed by atoms with Crippen LogP contribution in [0.2, 0.25) is 0 Å². The number of nitrogens with zero attached hydrogens (tertiary/aromatic N) is 3. The molecule has 1 aromatic heterocycles. The molecule has 6 nitrogen and oxygen atoms in total. The molecule has 0 spiro atoms. The van der Waals surface area contributed by atoms with Crippen molar-refractivity contribution < 1.29 is 9.53 Å². The summed E-state index contributed by atoms with van der Waals surface area (Å²) in [7, 11) is 1.97. The number of imidazole rings is 1. The average molecular weight is 330 g/mol. The minimum atomic E-state index is -0.501. The van der Waals surface area contributed by atoms with Crippen LogP contribution in [0.1, 0.15) is 5.69 Å². The lowest BCUT2D eigenvalue weighted by molar-refractivity contribution is -0.128. The number of carbonyl (C=O) groups is 1. The van der Waals surface area contributed by atoms with Gasteiger partial charge in [-0.15, -0.1) is 0 Å². The van der Waals surface area contributed by atoms with Crippen molar-refractivity contribution in [2.24, 2.45) is 0 Å². The second kappa shape index (κ2) is 5.81. The van der Waals surface area contributed by atoms with Gasteiger partial charge in [-0.2, -0.15) is 0 Å². The van der Waals surface area contributed by atoms with Gasteiger partial charge in [0.1, 0.15) is 5.75 Å². The minimum absolute atomic E-state index is 0.104. The number of para-hydroxylation sites is 2. The highest BCUT2D eigenvalue weighted by Gasteiger charge is 2.28. The molecule has 120 valence electrons. The predicted octanol–water partition coefficient (Wildman–Crippen LogP) is 1.50. The summed E-state index contributed by atoms with van der Waals surface area (Å²) in [6, 6.07) is 7.77. The summed E-state index contributed by atoms with van der Waals surface area (Å²) in [5, 5.41) is 3.97. The van der Waals surface area contributed by atoms with Crippen LogP contribution in [0.3, 0.4) is 0 Å². The summed E-state index contributed by atoms with van der Waals surface area (Å²) >= 11 is 1.75. The normalized spacial score (nSPS) is 19.0.